The molecule has 1 amide bonds. The van der Waals surface area contributed by atoms with E-state index in [-0.39, 0.29) is 5.91 Å². The molecule has 0 spiro atoms. The quantitative estimate of drug-likeness (QED) is 0.288. The molecule has 29 heavy (non-hydrogen) atoms. The Morgan fingerprint density at radius 1 is 1.17 bits per heavy atom. The van der Waals surface area contributed by atoms with Crippen molar-refractivity contribution in [2.75, 3.05) is 12.0 Å². The molecule has 0 bridgehead atoms. The van der Waals surface area contributed by atoms with E-state index in [0.717, 1.165) is 15.8 Å². The van der Waals surface area contributed by atoms with Gasteiger partial charge in [0.25, 0.3) is 5.91 Å². The number of carbonyl (C=O) groups excluding carboxylic acids is 1. The first-order valence-corrected chi connectivity index (χ1v) is 10.8. The Balaban J connectivity index is 1.59. The van der Waals surface area contributed by atoms with Crippen molar-refractivity contribution in [3.8, 4) is 17.1 Å². The Morgan fingerprint density at radius 3 is 2.62 bits per heavy atom. The van der Waals surface area contributed by atoms with Crippen LogP contribution in [0.5, 0.6) is 5.75 Å². The number of thiocarbonyl (C=S) groups is 1. The number of hydrogen-bond acceptors (Lipinski definition) is 5. The first-order chi connectivity index (χ1) is 14.0. The highest BCUT2D eigenvalue weighted by atomic mass is 79.9. The number of thioether (sulfide) groups is 1. The zero-order valence-corrected chi connectivity index (χ0v) is 19.0. The molecule has 0 saturated carbocycles. The van der Waals surface area contributed by atoms with Crippen molar-refractivity contribution in [2.45, 2.75) is 0 Å². The van der Waals surface area contributed by atoms with Gasteiger partial charge in [0.15, 0.2) is 4.32 Å². The second-order valence-corrected chi connectivity index (χ2v) is 9.04. The van der Waals surface area contributed by atoms with Crippen molar-refractivity contribution in [2.24, 2.45) is 0 Å². The van der Waals surface area contributed by atoms with E-state index in [1.165, 1.54) is 23.8 Å². The topological polar surface area (TPSA) is 42.7 Å². The summed E-state index contributed by atoms with van der Waals surface area (Å²) in [5, 5.41) is 0.410. The third-order valence-corrected chi connectivity index (χ3v) is 6.34. The van der Waals surface area contributed by atoms with Crippen molar-refractivity contribution in [3.63, 3.8) is 0 Å². The molecule has 0 radical (unpaired) electrons. The number of carbonyl (C=O) groups is 1. The number of rotatable bonds is 4. The molecular weight excluding hydrogens is 494 g/mol. The number of nitrogens with zero attached hydrogens (tertiary/aromatic N) is 1. The van der Waals surface area contributed by atoms with Gasteiger partial charge in [0.05, 0.1) is 22.7 Å². The lowest BCUT2D eigenvalue weighted by Gasteiger charge is -2.15. The van der Waals surface area contributed by atoms with Gasteiger partial charge in [0.1, 0.15) is 17.3 Å². The Bertz CT molecular complexity index is 1140. The SMILES string of the molecule is COc1ccc(N2C(=O)/C(=C\c3ccc(-c4ccc(Br)cc4)o3)SC2=S)cc1Cl. The zero-order chi connectivity index (χ0) is 20.5. The number of hydrogen-bond donors (Lipinski definition) is 0. The van der Waals surface area contributed by atoms with E-state index < -0.39 is 0 Å². The second-order valence-electron chi connectivity index (χ2n) is 6.04. The monoisotopic (exact) mass is 505 g/mol. The van der Waals surface area contributed by atoms with Crippen LogP contribution in [0.2, 0.25) is 5.02 Å². The van der Waals surface area contributed by atoms with Gasteiger partial charge in [-0.1, -0.05) is 63.6 Å². The van der Waals surface area contributed by atoms with E-state index in [0.29, 0.717) is 31.4 Å². The molecule has 1 aliphatic rings. The molecule has 4 rings (SSSR count). The van der Waals surface area contributed by atoms with E-state index in [4.69, 9.17) is 33.0 Å². The molecule has 0 atom stereocenters. The summed E-state index contributed by atoms with van der Waals surface area (Å²) in [7, 11) is 1.54. The van der Waals surface area contributed by atoms with Gasteiger partial charge in [-0.15, -0.1) is 0 Å². The van der Waals surface area contributed by atoms with E-state index in [1.807, 2.05) is 36.4 Å². The largest absolute Gasteiger partial charge is 0.495 e. The maximum Gasteiger partial charge on any atom is 0.270 e. The third-order valence-electron chi connectivity index (χ3n) is 4.22. The minimum atomic E-state index is -0.220. The van der Waals surface area contributed by atoms with Gasteiger partial charge in [-0.25, -0.2) is 0 Å². The summed E-state index contributed by atoms with van der Waals surface area (Å²) in [6, 6.07) is 16.6. The van der Waals surface area contributed by atoms with Crippen LogP contribution in [0.3, 0.4) is 0 Å². The molecule has 0 unspecified atom stereocenters. The van der Waals surface area contributed by atoms with Crippen LogP contribution in [0.4, 0.5) is 5.69 Å². The van der Waals surface area contributed by atoms with Crippen LogP contribution in [0.25, 0.3) is 17.4 Å². The molecule has 1 saturated heterocycles. The van der Waals surface area contributed by atoms with Crippen molar-refractivity contribution in [1.82, 2.24) is 0 Å². The molecule has 1 fully saturated rings. The van der Waals surface area contributed by atoms with Crippen LogP contribution in [0.15, 0.2) is 68.4 Å². The lowest BCUT2D eigenvalue weighted by atomic mass is 10.2. The summed E-state index contributed by atoms with van der Waals surface area (Å²) < 4.78 is 12.5. The van der Waals surface area contributed by atoms with E-state index in [1.54, 1.807) is 24.3 Å². The lowest BCUT2D eigenvalue weighted by molar-refractivity contribution is -0.113. The number of benzene rings is 2. The normalized spacial score (nSPS) is 15.4. The summed E-state index contributed by atoms with van der Waals surface area (Å²) in [5.74, 6) is 1.62. The van der Waals surface area contributed by atoms with Crippen LogP contribution in [-0.2, 0) is 4.79 Å². The Kier molecular flexibility index (Phi) is 5.83. The van der Waals surface area contributed by atoms with Crippen LogP contribution in [0.1, 0.15) is 5.76 Å². The molecule has 1 aromatic heterocycles. The molecule has 146 valence electrons. The molecule has 2 heterocycles. The fourth-order valence-electron chi connectivity index (χ4n) is 2.81. The number of methoxy groups -OCH3 is 1. The van der Waals surface area contributed by atoms with Crippen LogP contribution < -0.4 is 9.64 Å². The first kappa shape index (κ1) is 20.2. The summed E-state index contributed by atoms with van der Waals surface area (Å²) in [6.45, 7) is 0. The number of anilines is 1. The summed E-state index contributed by atoms with van der Waals surface area (Å²) in [6.07, 6.45) is 1.70. The standard InChI is InChI=1S/C21H13BrClNO3S2/c1-26-18-8-6-14(10-16(18)23)24-20(25)19(29-21(24)28)11-15-7-9-17(27-15)12-2-4-13(22)5-3-12/h2-11H,1H3/b19-11+. The summed E-state index contributed by atoms with van der Waals surface area (Å²) in [4.78, 5) is 14.9. The average molecular weight is 507 g/mol. The Labute approximate surface area is 190 Å². The van der Waals surface area contributed by atoms with Gasteiger partial charge >= 0.3 is 0 Å². The smallest absolute Gasteiger partial charge is 0.270 e. The van der Waals surface area contributed by atoms with Gasteiger partial charge < -0.3 is 9.15 Å². The third kappa shape index (κ3) is 4.14. The summed E-state index contributed by atoms with van der Waals surface area (Å²) in [5.41, 5.74) is 1.55. The summed E-state index contributed by atoms with van der Waals surface area (Å²) >= 11 is 16.2. The highest BCUT2D eigenvalue weighted by molar-refractivity contribution is 9.10. The Morgan fingerprint density at radius 2 is 1.93 bits per heavy atom. The fraction of sp³-hybridized carbons (Fsp3) is 0.0476. The molecular formula is C21H13BrClNO3S2. The van der Waals surface area contributed by atoms with Crippen LogP contribution in [-0.4, -0.2) is 17.3 Å². The van der Waals surface area contributed by atoms with Crippen LogP contribution >= 0.6 is 51.5 Å². The highest BCUT2D eigenvalue weighted by Gasteiger charge is 2.34. The maximum absolute atomic E-state index is 12.9. The molecule has 0 N–H and O–H groups in total. The molecule has 8 heteroatoms. The van der Waals surface area contributed by atoms with Crippen molar-refractivity contribution < 1.29 is 13.9 Å². The van der Waals surface area contributed by atoms with Gasteiger partial charge in [-0.3, -0.25) is 9.69 Å². The molecule has 2 aromatic carbocycles. The highest BCUT2D eigenvalue weighted by Crippen LogP contribution is 2.39. The average Bonchev–Trinajstić information content (AvgIpc) is 3.27. The predicted molar refractivity (Wildman–Crippen MR) is 126 cm³/mol. The minimum Gasteiger partial charge on any atom is -0.495 e. The second kappa shape index (κ2) is 8.36. The van der Waals surface area contributed by atoms with Gasteiger partial charge in [0.2, 0.25) is 0 Å². The number of halogens is 2. The number of amides is 1. The van der Waals surface area contributed by atoms with Gasteiger partial charge in [0, 0.05) is 16.1 Å². The molecule has 0 aliphatic carbocycles. The van der Waals surface area contributed by atoms with Crippen molar-refractivity contribution in [3.05, 3.63) is 74.8 Å². The predicted octanol–water partition coefficient (Wildman–Crippen LogP) is 6.78. The van der Waals surface area contributed by atoms with Gasteiger partial charge in [-0.2, -0.15) is 0 Å². The van der Waals surface area contributed by atoms with Crippen molar-refractivity contribution >= 4 is 73.5 Å². The fourth-order valence-corrected chi connectivity index (χ4v) is 4.61. The van der Waals surface area contributed by atoms with E-state index in [2.05, 4.69) is 15.9 Å². The first-order valence-electron chi connectivity index (χ1n) is 8.43. The maximum atomic E-state index is 12.9. The van der Waals surface area contributed by atoms with E-state index in [9.17, 15) is 4.79 Å². The van der Waals surface area contributed by atoms with Crippen LogP contribution in [0, 0.1) is 0 Å². The lowest BCUT2D eigenvalue weighted by Crippen LogP contribution is -2.27. The number of furan rings is 1. The molecule has 3 aromatic rings. The zero-order valence-electron chi connectivity index (χ0n) is 15.0. The minimum absolute atomic E-state index is 0.220. The number of ether oxygens (including phenoxy) is 1. The van der Waals surface area contributed by atoms with Crippen molar-refractivity contribution in [1.29, 1.82) is 0 Å². The Hall–Kier alpha value is -2.06. The molecule has 4 nitrogen and oxygen atoms in total. The van der Waals surface area contributed by atoms with Gasteiger partial charge in [-0.05, 0) is 42.5 Å². The van der Waals surface area contributed by atoms with E-state index >= 15 is 0 Å². The molecule has 1 aliphatic heterocycles.